The van der Waals surface area contributed by atoms with Gasteiger partial charge in [0.25, 0.3) is 5.56 Å². The van der Waals surface area contributed by atoms with Gasteiger partial charge in [0.2, 0.25) is 0 Å². The molecule has 4 rings (SSSR count). The lowest BCUT2D eigenvalue weighted by molar-refractivity contribution is -0.169. The molecule has 2 aliphatic rings. The highest BCUT2D eigenvalue weighted by Gasteiger charge is 2.41. The monoisotopic (exact) mass is 440 g/mol. The fourth-order valence-electron chi connectivity index (χ4n) is 3.49. The molecule has 12 heteroatoms. The largest absolute Gasteiger partial charge is 0.417 e. The summed E-state index contributed by atoms with van der Waals surface area (Å²) in [5.41, 5.74) is -4.16. The van der Waals surface area contributed by atoms with Crippen molar-refractivity contribution in [3.63, 3.8) is 0 Å². The van der Waals surface area contributed by atoms with Gasteiger partial charge in [-0.25, -0.2) is 0 Å². The molecule has 158 valence electrons. The van der Waals surface area contributed by atoms with E-state index < -0.39 is 44.9 Å². The number of halogens is 6. The average Bonchev–Trinajstić information content (AvgIpc) is 3.08. The first-order chi connectivity index (χ1) is 13.5. The van der Waals surface area contributed by atoms with Crippen molar-refractivity contribution in [2.24, 2.45) is 0 Å². The molecule has 29 heavy (non-hydrogen) atoms. The van der Waals surface area contributed by atoms with Gasteiger partial charge in [-0.05, 0) is 12.1 Å². The third-order valence-electron chi connectivity index (χ3n) is 4.95. The first-order valence-electron chi connectivity index (χ1n) is 8.65. The van der Waals surface area contributed by atoms with Crippen LogP contribution in [-0.2, 0) is 21.8 Å². The number of nitrogens with zero attached hydrogens (tertiary/aromatic N) is 2. The smallest absolute Gasteiger partial charge is 0.348 e. The number of hydrogen-bond acceptors (Lipinski definition) is 6. The van der Waals surface area contributed by atoms with Gasteiger partial charge in [-0.2, -0.15) is 31.3 Å². The van der Waals surface area contributed by atoms with Crippen molar-refractivity contribution in [1.82, 2.24) is 4.98 Å². The molecule has 0 atom stereocenters. The molecule has 5 nitrogen and oxygen atoms in total. The molecule has 0 unspecified atom stereocenters. The SMILES string of the molecule is O=c1nc(N2CCC3(CC2)OCCO3)sc2c(C(F)(F)F)cc(C(F)(F)F)cc12. The second kappa shape index (κ2) is 6.81. The van der Waals surface area contributed by atoms with Crippen LogP contribution in [-0.4, -0.2) is 37.1 Å². The summed E-state index contributed by atoms with van der Waals surface area (Å²) in [5, 5.41) is -0.669. The number of ether oxygens (including phenoxy) is 2. The molecule has 2 aliphatic heterocycles. The Morgan fingerprint density at radius 3 is 2.17 bits per heavy atom. The Balaban J connectivity index is 1.77. The molecule has 0 radical (unpaired) electrons. The van der Waals surface area contributed by atoms with Crippen molar-refractivity contribution >= 4 is 26.6 Å². The zero-order valence-corrected chi connectivity index (χ0v) is 15.5. The summed E-state index contributed by atoms with van der Waals surface area (Å²) in [6.07, 6.45) is -9.20. The van der Waals surface area contributed by atoms with Gasteiger partial charge < -0.3 is 14.4 Å². The summed E-state index contributed by atoms with van der Waals surface area (Å²) >= 11 is 0.557. The van der Waals surface area contributed by atoms with Crippen LogP contribution in [0.3, 0.4) is 0 Å². The number of rotatable bonds is 1. The first kappa shape index (κ1) is 20.4. The molecule has 0 N–H and O–H groups in total. The number of piperidine rings is 1. The van der Waals surface area contributed by atoms with Gasteiger partial charge in [-0.3, -0.25) is 4.79 Å². The summed E-state index contributed by atoms with van der Waals surface area (Å²) in [7, 11) is 0. The van der Waals surface area contributed by atoms with Crippen LogP contribution in [0.15, 0.2) is 16.9 Å². The maximum absolute atomic E-state index is 13.5. The van der Waals surface area contributed by atoms with Crippen molar-refractivity contribution in [1.29, 1.82) is 0 Å². The highest BCUT2D eigenvalue weighted by Crippen LogP contribution is 2.42. The minimum atomic E-state index is -5.06. The molecule has 1 aromatic heterocycles. The maximum Gasteiger partial charge on any atom is 0.417 e. The second-order valence-electron chi connectivity index (χ2n) is 6.79. The van der Waals surface area contributed by atoms with Crippen molar-refractivity contribution in [3.8, 4) is 0 Å². The molecule has 0 aliphatic carbocycles. The van der Waals surface area contributed by atoms with Gasteiger partial charge in [0, 0.05) is 25.9 Å². The third kappa shape index (κ3) is 3.80. The Hall–Kier alpha value is -1.92. The van der Waals surface area contributed by atoms with Crippen LogP contribution in [0.2, 0.25) is 0 Å². The molecule has 1 spiro atoms. The lowest BCUT2D eigenvalue weighted by Gasteiger charge is -2.37. The van der Waals surface area contributed by atoms with Crippen LogP contribution >= 0.6 is 11.3 Å². The highest BCUT2D eigenvalue weighted by atomic mass is 32.1. The summed E-state index contributed by atoms with van der Waals surface area (Å²) < 4.78 is 90.0. The standard InChI is InChI=1S/C17H14F6N2O3S/c18-16(19,20)9-7-10-12(11(8-9)17(21,22)23)29-14(24-13(10)26)25-3-1-15(2-4-25)27-5-6-28-15/h7-8H,1-6H2. The van der Waals surface area contributed by atoms with Gasteiger partial charge in [0.1, 0.15) is 0 Å². The Labute approximate surface area is 163 Å². The number of alkyl halides is 6. The minimum Gasteiger partial charge on any atom is -0.348 e. The quantitative estimate of drug-likeness (QED) is 0.627. The van der Waals surface area contributed by atoms with E-state index in [-0.39, 0.29) is 11.2 Å². The normalized spacial score (nSPS) is 20.0. The lowest BCUT2D eigenvalue weighted by Crippen LogP contribution is -2.45. The Morgan fingerprint density at radius 1 is 1.00 bits per heavy atom. The van der Waals surface area contributed by atoms with E-state index in [1.54, 1.807) is 4.90 Å². The Bertz CT molecular complexity index is 988. The van der Waals surface area contributed by atoms with Crippen molar-refractivity contribution in [2.75, 3.05) is 31.2 Å². The van der Waals surface area contributed by atoms with Crippen molar-refractivity contribution in [3.05, 3.63) is 33.6 Å². The number of fused-ring (bicyclic) bond motifs is 1. The number of aromatic nitrogens is 1. The molecule has 2 saturated heterocycles. The summed E-state index contributed by atoms with van der Waals surface area (Å²) in [6.45, 7) is 1.57. The van der Waals surface area contributed by atoms with Gasteiger partial charge >= 0.3 is 12.4 Å². The number of benzene rings is 1. The van der Waals surface area contributed by atoms with Crippen LogP contribution in [0.4, 0.5) is 31.5 Å². The van der Waals surface area contributed by atoms with E-state index in [1.807, 2.05) is 0 Å². The van der Waals surface area contributed by atoms with Gasteiger partial charge in [0.15, 0.2) is 10.9 Å². The van der Waals surface area contributed by atoms with E-state index in [2.05, 4.69) is 4.98 Å². The predicted octanol–water partition coefficient (Wildman–Crippen LogP) is 4.04. The summed E-state index contributed by atoms with van der Waals surface area (Å²) in [4.78, 5) is 17.7. The van der Waals surface area contributed by atoms with Crippen LogP contribution in [0.25, 0.3) is 10.1 Å². The first-order valence-corrected chi connectivity index (χ1v) is 9.46. The lowest BCUT2D eigenvalue weighted by atomic mass is 10.0. The minimum absolute atomic E-state index is 0.0283. The zero-order chi connectivity index (χ0) is 21.0. The van der Waals surface area contributed by atoms with E-state index in [9.17, 15) is 31.1 Å². The van der Waals surface area contributed by atoms with Crippen LogP contribution in [0.1, 0.15) is 24.0 Å². The van der Waals surface area contributed by atoms with Crippen LogP contribution in [0, 0.1) is 0 Å². The molecule has 0 bridgehead atoms. The van der Waals surface area contributed by atoms with E-state index in [0.29, 0.717) is 56.5 Å². The molecule has 0 saturated carbocycles. The summed E-state index contributed by atoms with van der Waals surface area (Å²) in [6, 6.07) is 0.457. The fraction of sp³-hybridized carbons (Fsp3) is 0.529. The summed E-state index contributed by atoms with van der Waals surface area (Å²) in [5.74, 6) is -0.725. The Kier molecular flexibility index (Phi) is 4.78. The molecule has 0 amide bonds. The maximum atomic E-state index is 13.5. The highest BCUT2D eigenvalue weighted by molar-refractivity contribution is 7.21. The second-order valence-corrected chi connectivity index (χ2v) is 7.77. The van der Waals surface area contributed by atoms with E-state index in [0.717, 1.165) is 0 Å². The van der Waals surface area contributed by atoms with E-state index in [4.69, 9.17) is 9.47 Å². The fourth-order valence-corrected chi connectivity index (χ4v) is 4.66. The van der Waals surface area contributed by atoms with Crippen molar-refractivity contribution in [2.45, 2.75) is 31.0 Å². The van der Waals surface area contributed by atoms with Crippen molar-refractivity contribution < 1.29 is 35.8 Å². The van der Waals surface area contributed by atoms with Gasteiger partial charge in [0.05, 0.1) is 34.4 Å². The van der Waals surface area contributed by atoms with Gasteiger partial charge in [-0.1, -0.05) is 11.3 Å². The van der Waals surface area contributed by atoms with Crippen LogP contribution < -0.4 is 10.5 Å². The van der Waals surface area contributed by atoms with Gasteiger partial charge in [-0.15, -0.1) is 0 Å². The van der Waals surface area contributed by atoms with Crippen LogP contribution in [0.5, 0.6) is 0 Å². The topological polar surface area (TPSA) is 51.7 Å². The molecular weight excluding hydrogens is 426 g/mol. The Morgan fingerprint density at radius 2 is 1.62 bits per heavy atom. The molecular formula is C17H14F6N2O3S. The molecule has 1 aromatic carbocycles. The van der Waals surface area contributed by atoms with E-state index in [1.165, 1.54) is 0 Å². The molecule has 2 aromatic rings. The zero-order valence-electron chi connectivity index (χ0n) is 14.7. The van der Waals surface area contributed by atoms with E-state index >= 15 is 0 Å². The predicted molar refractivity (Wildman–Crippen MR) is 92.0 cm³/mol. The average molecular weight is 440 g/mol. The number of anilines is 1. The molecule has 2 fully saturated rings. The third-order valence-corrected chi connectivity index (χ3v) is 6.13. The number of hydrogen-bond donors (Lipinski definition) is 0. The molecule has 3 heterocycles.